The van der Waals surface area contributed by atoms with Crippen molar-refractivity contribution in [3.05, 3.63) is 77.9 Å². The Hall–Kier alpha value is -3.61. The van der Waals surface area contributed by atoms with E-state index in [9.17, 15) is 19.5 Å². The Morgan fingerprint density at radius 1 is 1.09 bits per heavy atom. The van der Waals surface area contributed by atoms with Crippen molar-refractivity contribution < 1.29 is 24.2 Å². The second kappa shape index (κ2) is 9.48. The average molecular weight is 449 g/mol. The summed E-state index contributed by atoms with van der Waals surface area (Å²) in [7, 11) is 0. The third-order valence-electron chi connectivity index (χ3n) is 6.15. The lowest BCUT2D eigenvalue weighted by Gasteiger charge is -2.52. The van der Waals surface area contributed by atoms with E-state index in [1.54, 1.807) is 0 Å². The number of hydrogen-bond acceptors (Lipinski definition) is 4. The van der Waals surface area contributed by atoms with Crippen molar-refractivity contribution in [1.82, 2.24) is 9.80 Å². The normalized spacial score (nSPS) is 23.7. The fraction of sp³-hybridized carbons (Fsp3) is 0.346. The van der Waals surface area contributed by atoms with Gasteiger partial charge in [-0.2, -0.15) is 0 Å². The Labute approximate surface area is 193 Å². The van der Waals surface area contributed by atoms with E-state index in [1.807, 2.05) is 86.7 Å². The molecule has 0 radical (unpaired) electrons. The van der Waals surface area contributed by atoms with E-state index in [4.69, 9.17) is 4.74 Å². The van der Waals surface area contributed by atoms with Gasteiger partial charge >= 0.3 is 12.1 Å². The van der Waals surface area contributed by atoms with Gasteiger partial charge in [0.2, 0.25) is 5.91 Å². The minimum Gasteiger partial charge on any atom is -0.480 e. The van der Waals surface area contributed by atoms with Crippen molar-refractivity contribution in [2.75, 3.05) is 6.61 Å². The van der Waals surface area contributed by atoms with Crippen LogP contribution in [0.2, 0.25) is 0 Å². The van der Waals surface area contributed by atoms with Crippen LogP contribution in [0.1, 0.15) is 37.4 Å². The highest BCUT2D eigenvalue weighted by molar-refractivity contribution is 5.97. The number of nitrogens with zero attached hydrogens (tertiary/aromatic N) is 2. The van der Waals surface area contributed by atoms with Gasteiger partial charge in [-0.1, -0.05) is 86.7 Å². The number of likely N-dealkylation sites (tertiary alicyclic amines) is 1. The molecule has 33 heavy (non-hydrogen) atoms. The average Bonchev–Trinajstić information content (AvgIpc) is 3.17. The molecule has 0 aromatic heterocycles. The molecule has 172 valence electrons. The molecule has 4 rings (SSSR count). The number of hydrogen-bond donors (Lipinski definition) is 1. The molecule has 0 aliphatic carbocycles. The molecule has 0 spiro atoms. The number of amides is 2. The van der Waals surface area contributed by atoms with Gasteiger partial charge < -0.3 is 14.7 Å². The zero-order chi connectivity index (χ0) is 23.5. The predicted octanol–water partition coefficient (Wildman–Crippen LogP) is 3.97. The maximum atomic E-state index is 13.4. The number of ether oxygens (including phenoxy) is 1. The lowest BCUT2D eigenvalue weighted by atomic mass is 9.86. The minimum absolute atomic E-state index is 0.0884. The topological polar surface area (TPSA) is 87.2 Å². The summed E-state index contributed by atoms with van der Waals surface area (Å²) in [6, 6.07) is 16.2. The van der Waals surface area contributed by atoms with Crippen molar-refractivity contribution in [3.63, 3.8) is 0 Å². The summed E-state index contributed by atoms with van der Waals surface area (Å²) in [6.07, 6.45) is 3.46. The van der Waals surface area contributed by atoms with E-state index >= 15 is 0 Å². The Morgan fingerprint density at radius 3 is 2.33 bits per heavy atom. The summed E-state index contributed by atoms with van der Waals surface area (Å²) in [5.74, 6) is -1.33. The molecule has 2 aromatic carbocycles. The first-order chi connectivity index (χ1) is 15.9. The lowest BCUT2D eigenvalue weighted by molar-refractivity contribution is -0.168. The van der Waals surface area contributed by atoms with Gasteiger partial charge in [-0.15, -0.1) is 0 Å². The molecule has 7 heteroatoms. The van der Waals surface area contributed by atoms with E-state index in [-0.39, 0.29) is 18.4 Å². The Balaban J connectivity index is 1.69. The van der Waals surface area contributed by atoms with Gasteiger partial charge in [-0.25, -0.2) is 9.59 Å². The highest BCUT2D eigenvalue weighted by atomic mass is 16.6. The maximum absolute atomic E-state index is 13.4. The van der Waals surface area contributed by atoms with Gasteiger partial charge in [0, 0.05) is 0 Å². The molecule has 2 heterocycles. The first-order valence-electron chi connectivity index (χ1n) is 11.2. The summed E-state index contributed by atoms with van der Waals surface area (Å²) in [6.45, 7) is 4.00. The molecule has 2 amide bonds. The van der Waals surface area contributed by atoms with Gasteiger partial charge in [-0.05, 0) is 23.5 Å². The van der Waals surface area contributed by atoms with Crippen LogP contribution in [-0.2, 0) is 14.3 Å². The van der Waals surface area contributed by atoms with E-state index in [0.29, 0.717) is 6.42 Å². The number of cyclic esters (lactones) is 1. The van der Waals surface area contributed by atoms with Crippen LogP contribution >= 0.6 is 0 Å². The molecule has 4 atom stereocenters. The molecule has 0 bridgehead atoms. The van der Waals surface area contributed by atoms with Crippen molar-refractivity contribution in [2.45, 2.75) is 44.4 Å². The molecule has 2 saturated heterocycles. The Bertz CT molecular complexity index is 1040. The van der Waals surface area contributed by atoms with Crippen molar-refractivity contribution >= 4 is 24.0 Å². The maximum Gasteiger partial charge on any atom is 0.411 e. The number of carbonyl (C=O) groups excluding carboxylic acids is 2. The van der Waals surface area contributed by atoms with Gasteiger partial charge in [0.15, 0.2) is 0 Å². The number of β-lactam (4-membered cyclic amide) rings is 1. The van der Waals surface area contributed by atoms with Crippen molar-refractivity contribution in [2.24, 2.45) is 5.92 Å². The van der Waals surface area contributed by atoms with Crippen LogP contribution in [0.5, 0.6) is 0 Å². The summed E-state index contributed by atoms with van der Waals surface area (Å²) in [4.78, 5) is 41.1. The molecule has 2 aromatic rings. The number of carbonyl (C=O) groups is 3. The predicted molar refractivity (Wildman–Crippen MR) is 123 cm³/mol. The third kappa shape index (κ3) is 4.49. The first kappa shape index (κ1) is 22.6. The monoisotopic (exact) mass is 448 g/mol. The van der Waals surface area contributed by atoms with E-state index < -0.39 is 36.2 Å². The molecule has 2 aliphatic heterocycles. The molecule has 2 unspecified atom stereocenters. The SMILES string of the molecule is CC(C)CC(C(=O)O)N1C(=O)[C@@H](N2C(=O)OC[C@@H]2c2ccccc2)C1C=Cc1ccccc1. The second-order valence-corrected chi connectivity index (χ2v) is 8.84. The standard InChI is InChI=1S/C26H28N2O5/c1-17(2)15-21(25(30)31)27-20(14-13-18-9-5-3-6-10-18)23(24(27)29)28-22(16-33-26(28)32)19-11-7-4-8-12-19/h3-14,17,20-23H,15-16H2,1-2H3,(H,30,31)/t20?,21?,22-,23+/m1/s1. The summed E-state index contributed by atoms with van der Waals surface area (Å²) in [5.41, 5.74) is 1.80. The van der Waals surface area contributed by atoms with Gasteiger partial charge in [0.25, 0.3) is 0 Å². The van der Waals surface area contributed by atoms with Crippen LogP contribution in [0.25, 0.3) is 6.08 Å². The van der Waals surface area contributed by atoms with E-state index in [2.05, 4.69) is 0 Å². The summed E-state index contributed by atoms with van der Waals surface area (Å²) >= 11 is 0. The molecule has 0 saturated carbocycles. The molecule has 7 nitrogen and oxygen atoms in total. The first-order valence-corrected chi connectivity index (χ1v) is 11.2. The van der Waals surface area contributed by atoms with Crippen LogP contribution in [0.3, 0.4) is 0 Å². The summed E-state index contributed by atoms with van der Waals surface area (Å²) < 4.78 is 5.33. The number of benzene rings is 2. The van der Waals surface area contributed by atoms with E-state index in [1.165, 1.54) is 9.80 Å². The van der Waals surface area contributed by atoms with Crippen molar-refractivity contribution in [3.8, 4) is 0 Å². The zero-order valence-corrected chi connectivity index (χ0v) is 18.7. The minimum atomic E-state index is -1.04. The lowest BCUT2D eigenvalue weighted by Crippen LogP contribution is -2.73. The van der Waals surface area contributed by atoms with Crippen LogP contribution in [0.15, 0.2) is 66.7 Å². The fourth-order valence-corrected chi connectivity index (χ4v) is 4.58. The van der Waals surface area contributed by atoms with Crippen LogP contribution in [-0.4, -0.2) is 57.6 Å². The Morgan fingerprint density at radius 2 is 1.73 bits per heavy atom. The smallest absolute Gasteiger partial charge is 0.411 e. The Kier molecular flexibility index (Phi) is 6.49. The number of carboxylic acids is 1. The van der Waals surface area contributed by atoms with Crippen LogP contribution in [0.4, 0.5) is 4.79 Å². The van der Waals surface area contributed by atoms with Gasteiger partial charge in [0.1, 0.15) is 18.7 Å². The number of carboxylic acid groups (broad SMARTS) is 1. The second-order valence-electron chi connectivity index (χ2n) is 8.84. The van der Waals surface area contributed by atoms with Gasteiger partial charge in [-0.3, -0.25) is 9.69 Å². The third-order valence-corrected chi connectivity index (χ3v) is 6.15. The number of aliphatic carboxylic acids is 1. The highest BCUT2D eigenvalue weighted by Crippen LogP contribution is 2.39. The fourth-order valence-electron chi connectivity index (χ4n) is 4.58. The molecular weight excluding hydrogens is 420 g/mol. The zero-order valence-electron chi connectivity index (χ0n) is 18.7. The summed E-state index contributed by atoms with van der Waals surface area (Å²) in [5, 5.41) is 9.89. The van der Waals surface area contributed by atoms with E-state index in [0.717, 1.165) is 11.1 Å². The van der Waals surface area contributed by atoms with Crippen LogP contribution < -0.4 is 0 Å². The highest BCUT2D eigenvalue weighted by Gasteiger charge is 2.58. The van der Waals surface area contributed by atoms with Crippen molar-refractivity contribution in [1.29, 1.82) is 0 Å². The number of rotatable bonds is 8. The molecule has 2 fully saturated rings. The van der Waals surface area contributed by atoms with Crippen LogP contribution in [0, 0.1) is 5.92 Å². The molecule has 1 N–H and O–H groups in total. The molecule has 2 aliphatic rings. The van der Waals surface area contributed by atoms with Gasteiger partial charge in [0.05, 0.1) is 12.1 Å². The molecular formula is C26H28N2O5. The quantitative estimate of drug-likeness (QED) is 0.618. The largest absolute Gasteiger partial charge is 0.480 e.